The van der Waals surface area contributed by atoms with E-state index < -0.39 is 0 Å². The van der Waals surface area contributed by atoms with Crippen LogP contribution in [0.15, 0.2) is 35.0 Å². The average molecular weight is 242 g/mol. The predicted molar refractivity (Wildman–Crippen MR) is 69.0 cm³/mol. The van der Waals surface area contributed by atoms with E-state index in [9.17, 15) is 0 Å². The molecule has 5 heteroatoms. The Hall–Kier alpha value is -2.14. The lowest BCUT2D eigenvalue weighted by Gasteiger charge is -1.98. The highest BCUT2D eigenvalue weighted by Crippen LogP contribution is 2.22. The number of nitrogens with one attached hydrogen (secondary N) is 1. The quantitative estimate of drug-likeness (QED) is 0.762. The van der Waals surface area contributed by atoms with Crippen molar-refractivity contribution in [1.82, 2.24) is 20.0 Å². The summed E-state index contributed by atoms with van der Waals surface area (Å²) in [7, 11) is 3.88. The van der Waals surface area contributed by atoms with Crippen LogP contribution in [0.25, 0.3) is 22.3 Å². The maximum absolute atomic E-state index is 5.15. The second kappa shape index (κ2) is 4.27. The first kappa shape index (κ1) is 11.0. The molecule has 1 N–H and O–H groups in total. The van der Waals surface area contributed by atoms with Gasteiger partial charge in [-0.15, -0.1) is 0 Å². The zero-order valence-corrected chi connectivity index (χ0v) is 10.3. The molecule has 0 radical (unpaired) electrons. The molecule has 3 aromatic rings. The number of rotatable bonds is 3. The van der Waals surface area contributed by atoms with Crippen LogP contribution < -0.4 is 5.32 Å². The van der Waals surface area contributed by atoms with E-state index in [1.165, 1.54) is 10.9 Å². The van der Waals surface area contributed by atoms with Gasteiger partial charge in [-0.2, -0.15) is 4.98 Å². The normalized spacial score (nSPS) is 11.2. The van der Waals surface area contributed by atoms with Gasteiger partial charge in [0.1, 0.15) is 0 Å². The topological polar surface area (TPSA) is 55.9 Å². The van der Waals surface area contributed by atoms with Crippen LogP contribution in [0.1, 0.15) is 5.89 Å². The average Bonchev–Trinajstić information content (AvgIpc) is 2.97. The van der Waals surface area contributed by atoms with Crippen molar-refractivity contribution in [1.29, 1.82) is 0 Å². The summed E-state index contributed by atoms with van der Waals surface area (Å²) in [6, 6.07) is 8.23. The number of aromatic nitrogens is 3. The van der Waals surface area contributed by atoms with Gasteiger partial charge < -0.3 is 14.4 Å². The Morgan fingerprint density at radius 3 is 3.06 bits per heavy atom. The van der Waals surface area contributed by atoms with Gasteiger partial charge in [0.25, 0.3) is 0 Å². The molecule has 0 bridgehead atoms. The molecule has 0 aliphatic heterocycles. The molecular weight excluding hydrogens is 228 g/mol. The predicted octanol–water partition coefficient (Wildman–Crippen LogP) is 1.95. The van der Waals surface area contributed by atoms with Crippen LogP contribution in [0.4, 0.5) is 0 Å². The first-order valence-electron chi connectivity index (χ1n) is 5.80. The fraction of sp³-hybridized carbons (Fsp3) is 0.231. The molecule has 1 aromatic carbocycles. The highest BCUT2D eigenvalue weighted by Gasteiger charge is 2.09. The van der Waals surface area contributed by atoms with E-state index in [4.69, 9.17) is 4.52 Å². The Balaban J connectivity index is 2.02. The molecular formula is C13H14N4O. The van der Waals surface area contributed by atoms with E-state index in [0.717, 1.165) is 5.56 Å². The van der Waals surface area contributed by atoms with E-state index in [1.54, 1.807) is 0 Å². The summed E-state index contributed by atoms with van der Waals surface area (Å²) in [5.41, 5.74) is 2.16. The van der Waals surface area contributed by atoms with Crippen molar-refractivity contribution in [2.45, 2.75) is 6.54 Å². The largest absolute Gasteiger partial charge is 0.351 e. The lowest BCUT2D eigenvalue weighted by molar-refractivity contribution is 0.372. The fourth-order valence-electron chi connectivity index (χ4n) is 2.02. The Morgan fingerprint density at radius 2 is 2.22 bits per heavy atom. The molecule has 0 unspecified atom stereocenters. The van der Waals surface area contributed by atoms with Crippen LogP contribution in [0, 0.1) is 0 Å². The number of fused-ring (bicyclic) bond motifs is 1. The number of hydrogen-bond acceptors (Lipinski definition) is 4. The summed E-state index contributed by atoms with van der Waals surface area (Å²) in [5.74, 6) is 1.23. The van der Waals surface area contributed by atoms with Crippen LogP contribution in [-0.2, 0) is 13.6 Å². The van der Waals surface area contributed by atoms with Crippen molar-refractivity contribution in [3.63, 3.8) is 0 Å². The van der Waals surface area contributed by atoms with E-state index in [1.807, 2.05) is 26.4 Å². The fourth-order valence-corrected chi connectivity index (χ4v) is 2.02. The first-order valence-corrected chi connectivity index (χ1v) is 5.80. The number of nitrogens with zero attached hydrogens (tertiary/aromatic N) is 3. The van der Waals surface area contributed by atoms with E-state index in [2.05, 4.69) is 38.2 Å². The lowest BCUT2D eigenvalue weighted by atomic mass is 10.1. The molecule has 0 amide bonds. The number of aryl methyl sites for hydroxylation is 1. The van der Waals surface area contributed by atoms with Crippen molar-refractivity contribution in [3.8, 4) is 11.4 Å². The summed E-state index contributed by atoms with van der Waals surface area (Å²) in [4.78, 5) is 4.34. The molecule has 3 rings (SSSR count). The SMILES string of the molecule is CNCc1nc(-c2ccc3c(ccn3C)c2)no1. The van der Waals surface area contributed by atoms with Gasteiger partial charge in [-0.3, -0.25) is 0 Å². The van der Waals surface area contributed by atoms with Gasteiger partial charge in [-0.25, -0.2) is 0 Å². The maximum Gasteiger partial charge on any atom is 0.240 e. The van der Waals surface area contributed by atoms with Crippen molar-refractivity contribution >= 4 is 10.9 Å². The molecule has 0 aliphatic rings. The molecule has 0 atom stereocenters. The highest BCUT2D eigenvalue weighted by atomic mass is 16.5. The van der Waals surface area contributed by atoms with E-state index in [-0.39, 0.29) is 0 Å². The standard InChI is InChI=1S/C13H14N4O/c1-14-8-12-15-13(16-18-12)10-3-4-11-9(7-10)5-6-17(11)2/h3-7,14H,8H2,1-2H3. The van der Waals surface area contributed by atoms with Gasteiger partial charge in [0.05, 0.1) is 6.54 Å². The van der Waals surface area contributed by atoms with Crippen molar-refractivity contribution in [2.75, 3.05) is 7.05 Å². The number of benzene rings is 1. The smallest absolute Gasteiger partial charge is 0.240 e. The first-order chi connectivity index (χ1) is 8.78. The van der Waals surface area contributed by atoms with Crippen LogP contribution in [0.5, 0.6) is 0 Å². The summed E-state index contributed by atoms with van der Waals surface area (Å²) < 4.78 is 7.23. The minimum Gasteiger partial charge on any atom is -0.351 e. The third-order valence-electron chi connectivity index (χ3n) is 2.94. The zero-order valence-electron chi connectivity index (χ0n) is 10.3. The molecule has 2 heterocycles. The Morgan fingerprint density at radius 1 is 1.33 bits per heavy atom. The Bertz CT molecular complexity index is 683. The maximum atomic E-state index is 5.15. The highest BCUT2D eigenvalue weighted by molar-refractivity contribution is 5.84. The third kappa shape index (κ3) is 1.78. The second-order valence-corrected chi connectivity index (χ2v) is 4.24. The summed E-state index contributed by atoms with van der Waals surface area (Å²) in [6.07, 6.45) is 2.04. The Labute approximate surface area is 104 Å². The third-order valence-corrected chi connectivity index (χ3v) is 2.94. The molecule has 0 spiro atoms. The molecule has 18 heavy (non-hydrogen) atoms. The van der Waals surface area contributed by atoms with Gasteiger partial charge in [0.2, 0.25) is 11.7 Å². The van der Waals surface area contributed by atoms with Gasteiger partial charge in [-0.05, 0) is 31.3 Å². The summed E-state index contributed by atoms with van der Waals surface area (Å²) >= 11 is 0. The van der Waals surface area contributed by atoms with E-state index in [0.29, 0.717) is 18.3 Å². The zero-order chi connectivity index (χ0) is 12.5. The van der Waals surface area contributed by atoms with E-state index >= 15 is 0 Å². The van der Waals surface area contributed by atoms with Gasteiger partial charge >= 0.3 is 0 Å². The van der Waals surface area contributed by atoms with Crippen molar-refractivity contribution < 1.29 is 4.52 Å². The molecule has 5 nitrogen and oxygen atoms in total. The van der Waals surface area contributed by atoms with Gasteiger partial charge in [0, 0.05) is 29.7 Å². The van der Waals surface area contributed by atoms with Crippen molar-refractivity contribution in [3.05, 3.63) is 36.4 Å². The second-order valence-electron chi connectivity index (χ2n) is 4.24. The molecule has 0 fully saturated rings. The molecule has 2 aromatic heterocycles. The monoisotopic (exact) mass is 242 g/mol. The van der Waals surface area contributed by atoms with Crippen LogP contribution in [0.2, 0.25) is 0 Å². The lowest BCUT2D eigenvalue weighted by Crippen LogP contribution is -2.04. The van der Waals surface area contributed by atoms with Crippen LogP contribution in [-0.4, -0.2) is 21.8 Å². The molecule has 92 valence electrons. The van der Waals surface area contributed by atoms with Gasteiger partial charge in [0.15, 0.2) is 0 Å². The molecule has 0 saturated carbocycles. The minimum atomic E-state index is 0.584. The van der Waals surface area contributed by atoms with Gasteiger partial charge in [-0.1, -0.05) is 5.16 Å². The summed E-state index contributed by atoms with van der Waals surface area (Å²) in [5, 5.41) is 8.14. The summed E-state index contributed by atoms with van der Waals surface area (Å²) in [6.45, 7) is 0.584. The van der Waals surface area contributed by atoms with Crippen LogP contribution in [0.3, 0.4) is 0 Å². The number of hydrogen-bond donors (Lipinski definition) is 1. The molecule has 0 aliphatic carbocycles. The van der Waals surface area contributed by atoms with Crippen molar-refractivity contribution in [2.24, 2.45) is 7.05 Å². The van der Waals surface area contributed by atoms with Crippen LogP contribution >= 0.6 is 0 Å². The Kier molecular flexibility index (Phi) is 2.60. The molecule has 0 saturated heterocycles. The minimum absolute atomic E-state index is 0.584.